The quantitative estimate of drug-likeness (QED) is 0.781. The van der Waals surface area contributed by atoms with Gasteiger partial charge in [-0.05, 0) is 13.0 Å². The maximum Gasteiger partial charge on any atom is 0.404 e. The lowest BCUT2D eigenvalue weighted by Crippen LogP contribution is -2.51. The third-order valence-corrected chi connectivity index (χ3v) is 3.93. The van der Waals surface area contributed by atoms with E-state index in [1.807, 2.05) is 13.8 Å². The molecule has 1 aliphatic heterocycles. The summed E-state index contributed by atoms with van der Waals surface area (Å²) in [6, 6.07) is 0. The van der Waals surface area contributed by atoms with Gasteiger partial charge in [0.25, 0.3) is 0 Å². The molecule has 126 valence electrons. The highest BCUT2D eigenvalue weighted by Gasteiger charge is 2.72. The molecule has 0 atom stereocenters. The highest BCUT2D eigenvalue weighted by atomic mass is 19.4. The van der Waals surface area contributed by atoms with Crippen molar-refractivity contribution in [2.75, 3.05) is 13.1 Å². The number of hydrogen-bond donors (Lipinski definition) is 0. The summed E-state index contributed by atoms with van der Waals surface area (Å²) in [6.45, 7) is 2.09. The summed E-state index contributed by atoms with van der Waals surface area (Å²) in [4.78, 5) is 4.98. The minimum atomic E-state index is -5.33. The lowest BCUT2D eigenvalue weighted by molar-refractivity contribution is -0.335. The second kappa shape index (κ2) is 5.43. The van der Waals surface area contributed by atoms with Gasteiger partial charge in [0.1, 0.15) is 5.76 Å². The van der Waals surface area contributed by atoms with Crippen LogP contribution in [0.15, 0.2) is 10.6 Å². The van der Waals surface area contributed by atoms with Crippen molar-refractivity contribution in [2.24, 2.45) is 5.41 Å². The first kappa shape index (κ1) is 17.1. The number of rotatable bonds is 3. The van der Waals surface area contributed by atoms with Crippen LogP contribution in [-0.2, 0) is 6.54 Å². The third kappa shape index (κ3) is 2.95. The molecule has 2 rings (SSSR count). The molecule has 0 N–H and O–H groups in total. The lowest BCUT2D eigenvalue weighted by atomic mass is 9.85. The largest absolute Gasteiger partial charge is 0.444 e. The minimum Gasteiger partial charge on any atom is -0.444 e. The Hall–Kier alpha value is -1.25. The van der Waals surface area contributed by atoms with Gasteiger partial charge < -0.3 is 4.42 Å². The maximum absolute atomic E-state index is 12.9. The molecule has 0 saturated carbocycles. The molecule has 0 bridgehead atoms. The first-order valence-corrected chi connectivity index (χ1v) is 6.77. The molecule has 0 radical (unpaired) electrons. The fourth-order valence-corrected chi connectivity index (χ4v) is 2.50. The number of likely N-dealkylation sites (tertiary alicyclic amines) is 1. The minimum absolute atomic E-state index is 0.0456. The van der Waals surface area contributed by atoms with Gasteiger partial charge in [-0.25, -0.2) is 4.98 Å². The summed E-state index contributed by atoms with van der Waals surface area (Å²) in [7, 11) is 0. The van der Waals surface area contributed by atoms with Gasteiger partial charge in [-0.3, -0.25) is 4.90 Å². The van der Waals surface area contributed by atoms with Crippen molar-refractivity contribution >= 4 is 0 Å². The summed E-state index contributed by atoms with van der Waals surface area (Å²) < 4.78 is 83.0. The molecule has 1 aromatic rings. The van der Waals surface area contributed by atoms with Crippen molar-refractivity contribution in [1.29, 1.82) is 0 Å². The predicted molar refractivity (Wildman–Crippen MR) is 65.0 cm³/mol. The normalized spacial score (nSPS) is 20.0. The molecule has 0 aromatic carbocycles. The number of halogens is 6. The maximum atomic E-state index is 12.9. The lowest BCUT2D eigenvalue weighted by Gasteiger charge is -2.33. The van der Waals surface area contributed by atoms with Crippen LogP contribution in [0.3, 0.4) is 0 Å². The van der Waals surface area contributed by atoms with Crippen molar-refractivity contribution in [3.8, 4) is 0 Å². The van der Waals surface area contributed by atoms with Crippen LogP contribution >= 0.6 is 0 Å². The molecular weight excluding hydrogens is 314 g/mol. The number of nitrogens with zero attached hydrogens (tertiary/aromatic N) is 2. The van der Waals surface area contributed by atoms with Crippen molar-refractivity contribution < 1.29 is 30.8 Å². The highest BCUT2D eigenvalue weighted by molar-refractivity contribution is 5.03. The molecule has 1 aliphatic rings. The summed E-state index contributed by atoms with van der Waals surface area (Å²) in [5.74, 6) is 0.722. The van der Waals surface area contributed by atoms with Crippen LogP contribution in [0.1, 0.15) is 37.8 Å². The van der Waals surface area contributed by atoms with E-state index < -0.39 is 30.7 Å². The molecule has 3 nitrogen and oxygen atoms in total. The molecule has 1 fully saturated rings. The predicted octanol–water partition coefficient (Wildman–Crippen LogP) is 4.11. The van der Waals surface area contributed by atoms with Crippen molar-refractivity contribution in [3.63, 3.8) is 0 Å². The second-order valence-corrected chi connectivity index (χ2v) is 5.85. The highest BCUT2D eigenvalue weighted by Crippen LogP contribution is 2.55. The van der Waals surface area contributed by atoms with E-state index in [4.69, 9.17) is 4.42 Å². The van der Waals surface area contributed by atoms with Gasteiger partial charge in [0.05, 0.1) is 12.7 Å². The summed E-state index contributed by atoms with van der Waals surface area (Å²) in [5, 5.41) is 0. The van der Waals surface area contributed by atoms with E-state index in [0.29, 0.717) is 5.76 Å². The zero-order chi connectivity index (χ0) is 16.8. The van der Waals surface area contributed by atoms with Crippen LogP contribution in [0.5, 0.6) is 0 Å². The number of alkyl halides is 6. The van der Waals surface area contributed by atoms with Crippen LogP contribution in [0, 0.1) is 5.41 Å². The SMILES string of the molecule is CC(C)c1cnc(CN2CCC(C(F)(F)F)(C(F)(F)F)C2)o1. The Kier molecular flexibility index (Phi) is 4.23. The van der Waals surface area contributed by atoms with E-state index in [2.05, 4.69) is 4.98 Å². The van der Waals surface area contributed by atoms with Gasteiger partial charge >= 0.3 is 12.4 Å². The standard InChI is InChI=1S/C13H16F6N2O/c1-8(2)9-5-20-10(22-9)6-21-4-3-11(7-21,12(14,15)16)13(17,18)19/h5,8H,3-4,6-7H2,1-2H3. The number of oxazole rings is 1. The Labute approximate surface area is 123 Å². The van der Waals surface area contributed by atoms with Crippen LogP contribution in [-0.4, -0.2) is 35.3 Å². The Morgan fingerprint density at radius 1 is 1.23 bits per heavy atom. The van der Waals surface area contributed by atoms with Crippen LogP contribution < -0.4 is 0 Å². The van der Waals surface area contributed by atoms with E-state index in [1.54, 1.807) is 0 Å². The average Bonchev–Trinajstić information content (AvgIpc) is 2.94. The Morgan fingerprint density at radius 3 is 2.23 bits per heavy atom. The van der Waals surface area contributed by atoms with Gasteiger partial charge in [-0.15, -0.1) is 0 Å². The van der Waals surface area contributed by atoms with E-state index in [9.17, 15) is 26.3 Å². The molecular formula is C13H16F6N2O. The zero-order valence-electron chi connectivity index (χ0n) is 12.1. The molecule has 0 spiro atoms. The summed E-state index contributed by atoms with van der Waals surface area (Å²) in [5.41, 5.74) is -3.67. The molecule has 0 aliphatic carbocycles. The van der Waals surface area contributed by atoms with Gasteiger partial charge in [-0.1, -0.05) is 13.8 Å². The van der Waals surface area contributed by atoms with Crippen molar-refractivity contribution in [3.05, 3.63) is 17.8 Å². The zero-order valence-corrected chi connectivity index (χ0v) is 12.1. The summed E-state index contributed by atoms with van der Waals surface area (Å²) in [6.07, 6.45) is -10.2. The molecule has 2 heterocycles. The Balaban J connectivity index is 2.13. The van der Waals surface area contributed by atoms with Gasteiger partial charge in [0.2, 0.25) is 5.89 Å². The number of aromatic nitrogens is 1. The van der Waals surface area contributed by atoms with E-state index in [-0.39, 0.29) is 24.9 Å². The third-order valence-electron chi connectivity index (χ3n) is 3.93. The molecule has 0 unspecified atom stereocenters. The first-order chi connectivity index (χ1) is 9.96. The smallest absolute Gasteiger partial charge is 0.404 e. The Bertz CT molecular complexity index is 505. The monoisotopic (exact) mass is 330 g/mol. The fraction of sp³-hybridized carbons (Fsp3) is 0.769. The average molecular weight is 330 g/mol. The molecule has 0 amide bonds. The first-order valence-electron chi connectivity index (χ1n) is 6.77. The summed E-state index contributed by atoms with van der Waals surface area (Å²) >= 11 is 0. The number of hydrogen-bond acceptors (Lipinski definition) is 3. The Morgan fingerprint density at radius 2 is 1.82 bits per heavy atom. The van der Waals surface area contributed by atoms with Gasteiger partial charge in [0, 0.05) is 12.5 Å². The molecule has 9 heteroatoms. The van der Waals surface area contributed by atoms with Gasteiger partial charge in [-0.2, -0.15) is 26.3 Å². The molecule has 22 heavy (non-hydrogen) atoms. The van der Waals surface area contributed by atoms with Crippen LogP contribution in [0.2, 0.25) is 0 Å². The van der Waals surface area contributed by atoms with Crippen molar-refractivity contribution in [2.45, 2.75) is 45.1 Å². The topological polar surface area (TPSA) is 29.3 Å². The van der Waals surface area contributed by atoms with Gasteiger partial charge in [0.15, 0.2) is 5.41 Å². The van der Waals surface area contributed by atoms with E-state index >= 15 is 0 Å². The second-order valence-electron chi connectivity index (χ2n) is 5.85. The van der Waals surface area contributed by atoms with E-state index in [0.717, 1.165) is 4.90 Å². The molecule has 1 saturated heterocycles. The molecule has 1 aromatic heterocycles. The van der Waals surface area contributed by atoms with Crippen molar-refractivity contribution in [1.82, 2.24) is 9.88 Å². The van der Waals surface area contributed by atoms with Crippen LogP contribution in [0.4, 0.5) is 26.3 Å². The fourth-order valence-electron chi connectivity index (χ4n) is 2.50. The van der Waals surface area contributed by atoms with E-state index in [1.165, 1.54) is 6.20 Å². The van der Waals surface area contributed by atoms with Crippen LogP contribution in [0.25, 0.3) is 0 Å².